The Morgan fingerprint density at radius 1 is 1.16 bits per heavy atom. The first-order valence-corrected chi connectivity index (χ1v) is 10.6. The molecule has 3 heterocycles. The molecule has 4 rings (SSSR count). The SMILES string of the molecule is Cn1c(=O)c2c(ncn2CCC(=O)OCc2csc(-c3ccc(Cl)cc3)n2)n(C)c1=O. The molecule has 160 valence electrons. The molecular formula is C20H18ClN5O4S. The van der Waals surface area contributed by atoms with Gasteiger partial charge in [-0.2, -0.15) is 0 Å². The van der Waals surface area contributed by atoms with Crippen molar-refractivity contribution < 1.29 is 9.53 Å². The molecule has 31 heavy (non-hydrogen) atoms. The van der Waals surface area contributed by atoms with Gasteiger partial charge in [0.25, 0.3) is 5.56 Å². The molecule has 0 aliphatic rings. The number of hydrogen-bond donors (Lipinski definition) is 0. The Labute approximate surface area is 185 Å². The van der Waals surface area contributed by atoms with Gasteiger partial charge in [-0.1, -0.05) is 23.7 Å². The molecule has 1 aromatic carbocycles. The van der Waals surface area contributed by atoms with E-state index in [0.717, 1.165) is 15.1 Å². The fourth-order valence-corrected chi connectivity index (χ4v) is 4.04. The summed E-state index contributed by atoms with van der Waals surface area (Å²) in [5, 5.41) is 3.31. The molecule has 0 amide bonds. The number of rotatable bonds is 6. The van der Waals surface area contributed by atoms with Gasteiger partial charge in [-0.25, -0.2) is 14.8 Å². The van der Waals surface area contributed by atoms with Gasteiger partial charge in [-0.05, 0) is 12.1 Å². The van der Waals surface area contributed by atoms with E-state index in [2.05, 4.69) is 9.97 Å². The third-order valence-corrected chi connectivity index (χ3v) is 5.99. The van der Waals surface area contributed by atoms with Crippen molar-refractivity contribution in [2.45, 2.75) is 19.6 Å². The maximum Gasteiger partial charge on any atom is 0.332 e. The Balaban J connectivity index is 1.39. The number of imidazole rings is 1. The average Bonchev–Trinajstić information content (AvgIpc) is 3.41. The summed E-state index contributed by atoms with van der Waals surface area (Å²) >= 11 is 7.36. The zero-order chi connectivity index (χ0) is 22.1. The van der Waals surface area contributed by atoms with Crippen molar-refractivity contribution in [3.63, 3.8) is 0 Å². The fourth-order valence-electron chi connectivity index (χ4n) is 3.10. The predicted octanol–water partition coefficient (Wildman–Crippen LogP) is 2.34. The summed E-state index contributed by atoms with van der Waals surface area (Å²) in [6, 6.07) is 7.35. The number of hydrogen-bond acceptors (Lipinski definition) is 7. The van der Waals surface area contributed by atoms with Crippen molar-refractivity contribution in [3.05, 3.63) is 67.5 Å². The number of halogens is 1. The monoisotopic (exact) mass is 459 g/mol. The summed E-state index contributed by atoms with van der Waals surface area (Å²) in [6.45, 7) is 0.264. The molecule has 0 aliphatic carbocycles. The van der Waals surface area contributed by atoms with Crippen molar-refractivity contribution in [2.75, 3.05) is 0 Å². The van der Waals surface area contributed by atoms with Crippen LogP contribution in [0.15, 0.2) is 45.6 Å². The van der Waals surface area contributed by atoms with Crippen molar-refractivity contribution >= 4 is 40.1 Å². The number of nitrogens with zero attached hydrogens (tertiary/aromatic N) is 5. The first-order chi connectivity index (χ1) is 14.8. The Kier molecular flexibility index (Phi) is 5.75. The van der Waals surface area contributed by atoms with Gasteiger partial charge >= 0.3 is 11.7 Å². The van der Waals surface area contributed by atoms with Crippen molar-refractivity contribution in [3.8, 4) is 10.6 Å². The second-order valence-electron chi connectivity index (χ2n) is 6.88. The van der Waals surface area contributed by atoms with E-state index in [1.165, 1.54) is 29.3 Å². The molecule has 0 N–H and O–H groups in total. The lowest BCUT2D eigenvalue weighted by Crippen LogP contribution is -2.37. The smallest absolute Gasteiger partial charge is 0.332 e. The molecule has 0 spiro atoms. The molecular weight excluding hydrogens is 442 g/mol. The predicted molar refractivity (Wildman–Crippen MR) is 117 cm³/mol. The summed E-state index contributed by atoms with van der Waals surface area (Å²) in [6.07, 6.45) is 1.49. The van der Waals surface area contributed by atoms with E-state index >= 15 is 0 Å². The van der Waals surface area contributed by atoms with Gasteiger partial charge in [-0.15, -0.1) is 11.3 Å². The number of benzene rings is 1. The third kappa shape index (κ3) is 4.17. The molecule has 0 radical (unpaired) electrons. The largest absolute Gasteiger partial charge is 0.459 e. The Bertz CT molecular complexity index is 1380. The molecule has 0 unspecified atom stereocenters. The molecule has 0 fully saturated rings. The molecule has 0 aliphatic heterocycles. The van der Waals surface area contributed by atoms with Gasteiger partial charge in [0.05, 0.1) is 18.4 Å². The first-order valence-electron chi connectivity index (χ1n) is 9.32. The van der Waals surface area contributed by atoms with E-state index in [9.17, 15) is 14.4 Å². The van der Waals surface area contributed by atoms with E-state index in [-0.39, 0.29) is 30.7 Å². The van der Waals surface area contributed by atoms with Gasteiger partial charge in [0.2, 0.25) is 0 Å². The van der Waals surface area contributed by atoms with Crippen LogP contribution in [0.1, 0.15) is 12.1 Å². The average molecular weight is 460 g/mol. The van der Waals surface area contributed by atoms with Gasteiger partial charge in [-0.3, -0.25) is 18.7 Å². The minimum atomic E-state index is -0.457. The lowest BCUT2D eigenvalue weighted by Gasteiger charge is -2.07. The van der Waals surface area contributed by atoms with Crippen LogP contribution < -0.4 is 11.2 Å². The van der Waals surface area contributed by atoms with E-state index in [4.69, 9.17) is 16.3 Å². The van der Waals surface area contributed by atoms with Crippen LogP contribution >= 0.6 is 22.9 Å². The minimum Gasteiger partial charge on any atom is -0.459 e. The highest BCUT2D eigenvalue weighted by atomic mass is 35.5. The fraction of sp³-hybridized carbons (Fsp3) is 0.250. The summed E-state index contributed by atoms with van der Waals surface area (Å²) in [7, 11) is 2.95. The molecule has 3 aromatic heterocycles. The summed E-state index contributed by atoms with van der Waals surface area (Å²) in [5.41, 5.74) is 1.22. The number of carbonyl (C=O) groups excluding carboxylic acids is 1. The molecule has 11 heteroatoms. The minimum absolute atomic E-state index is 0.0473. The highest BCUT2D eigenvalue weighted by molar-refractivity contribution is 7.13. The molecule has 0 bridgehead atoms. The maximum absolute atomic E-state index is 12.4. The normalized spacial score (nSPS) is 11.2. The van der Waals surface area contributed by atoms with Gasteiger partial charge in [0, 0.05) is 36.6 Å². The third-order valence-electron chi connectivity index (χ3n) is 4.80. The Morgan fingerprint density at radius 3 is 2.65 bits per heavy atom. The van der Waals surface area contributed by atoms with Gasteiger partial charge in [0.15, 0.2) is 11.2 Å². The number of aryl methyl sites for hydroxylation is 2. The molecule has 4 aromatic rings. The zero-order valence-corrected chi connectivity index (χ0v) is 18.3. The van der Waals surface area contributed by atoms with Crippen LogP contribution in [-0.4, -0.2) is 29.6 Å². The molecule has 0 saturated heterocycles. The van der Waals surface area contributed by atoms with Crippen molar-refractivity contribution in [1.82, 2.24) is 23.7 Å². The van der Waals surface area contributed by atoms with Gasteiger partial charge < -0.3 is 9.30 Å². The van der Waals surface area contributed by atoms with Crippen LogP contribution in [-0.2, 0) is 36.8 Å². The zero-order valence-electron chi connectivity index (χ0n) is 16.7. The lowest BCUT2D eigenvalue weighted by molar-refractivity contribution is -0.145. The van der Waals surface area contributed by atoms with Crippen molar-refractivity contribution in [1.29, 1.82) is 0 Å². The van der Waals surface area contributed by atoms with E-state index < -0.39 is 17.2 Å². The standard InChI is InChI=1S/C20H18ClN5O4S/c1-24-17-16(19(28)25(2)20(24)29)26(11-22-17)8-7-15(27)30-9-14-10-31-18(23-14)12-3-5-13(21)6-4-12/h3-6,10-11H,7-9H2,1-2H3. The van der Waals surface area contributed by atoms with Crippen LogP contribution in [0, 0.1) is 0 Å². The first kappa shape index (κ1) is 21.0. The maximum atomic E-state index is 12.4. The van der Waals surface area contributed by atoms with Crippen LogP contribution in [0.25, 0.3) is 21.7 Å². The molecule has 0 atom stereocenters. The second kappa shape index (κ2) is 8.48. The summed E-state index contributed by atoms with van der Waals surface area (Å²) in [4.78, 5) is 45.2. The topological polar surface area (TPSA) is 101 Å². The number of aromatic nitrogens is 5. The van der Waals surface area contributed by atoms with E-state index in [1.54, 1.807) is 23.7 Å². The molecule has 0 saturated carbocycles. The van der Waals surface area contributed by atoms with Crippen LogP contribution in [0.4, 0.5) is 0 Å². The summed E-state index contributed by atoms with van der Waals surface area (Å²) < 4.78 is 9.18. The molecule has 9 nitrogen and oxygen atoms in total. The number of ether oxygens (including phenoxy) is 1. The van der Waals surface area contributed by atoms with Crippen molar-refractivity contribution in [2.24, 2.45) is 14.1 Å². The van der Waals surface area contributed by atoms with E-state index in [0.29, 0.717) is 10.7 Å². The second-order valence-corrected chi connectivity index (χ2v) is 8.17. The number of carbonyl (C=O) groups is 1. The number of esters is 1. The highest BCUT2D eigenvalue weighted by Crippen LogP contribution is 2.25. The lowest BCUT2D eigenvalue weighted by atomic mass is 10.2. The Hall–Kier alpha value is -3.24. The number of fused-ring (bicyclic) bond motifs is 1. The number of thiazole rings is 1. The van der Waals surface area contributed by atoms with E-state index in [1.807, 2.05) is 17.5 Å². The quantitative estimate of drug-likeness (QED) is 0.410. The summed E-state index contributed by atoms with van der Waals surface area (Å²) in [5.74, 6) is -0.426. The highest BCUT2D eigenvalue weighted by Gasteiger charge is 2.15. The van der Waals surface area contributed by atoms with Gasteiger partial charge in [0.1, 0.15) is 11.6 Å². The van der Waals surface area contributed by atoms with Crippen LogP contribution in [0.2, 0.25) is 5.02 Å². The van der Waals surface area contributed by atoms with Crippen LogP contribution in [0.5, 0.6) is 0 Å². The van der Waals surface area contributed by atoms with Crippen LogP contribution in [0.3, 0.4) is 0 Å². The Morgan fingerprint density at radius 2 is 1.90 bits per heavy atom.